The Bertz CT molecular complexity index is 652. The summed E-state index contributed by atoms with van der Waals surface area (Å²) >= 11 is 0. The fraction of sp³-hybridized carbons (Fsp3) is 0.696. The number of nitrogens with zero attached hydrogens (tertiary/aromatic N) is 2. The van der Waals surface area contributed by atoms with E-state index in [-0.39, 0.29) is 6.10 Å². The van der Waals surface area contributed by atoms with Gasteiger partial charge in [-0.1, -0.05) is 12.2 Å². The zero-order chi connectivity index (χ0) is 19.2. The molecule has 3 aliphatic carbocycles. The van der Waals surface area contributed by atoms with Gasteiger partial charge in [0.1, 0.15) is 12.7 Å². The van der Waals surface area contributed by atoms with Crippen LogP contribution in [0.5, 0.6) is 0 Å². The number of rotatable bonds is 7. The van der Waals surface area contributed by atoms with Crippen LogP contribution < -0.4 is 0 Å². The molecule has 3 unspecified atom stereocenters. The van der Waals surface area contributed by atoms with Crippen molar-refractivity contribution in [3.63, 3.8) is 0 Å². The Hall–Kier alpha value is -1.91. The highest BCUT2D eigenvalue weighted by Crippen LogP contribution is 2.27. The molecule has 0 radical (unpaired) electrons. The van der Waals surface area contributed by atoms with E-state index in [9.17, 15) is 0 Å². The standard InChI is InChI=1S/C23H34N2O3/c1-25(23-24-21-9-5-6-10-22(21)28-23)15-16-26-20-13-11-18(12-14-20)17-27-19-7-3-2-4-8-19/h5-7,13,18,21-22H,2-4,8-12,14-17H2,1H3. The molecule has 5 heteroatoms. The lowest BCUT2D eigenvalue weighted by Crippen LogP contribution is -2.32. The van der Waals surface area contributed by atoms with Gasteiger partial charge in [-0.2, -0.15) is 0 Å². The summed E-state index contributed by atoms with van der Waals surface area (Å²) in [6, 6.07) is 1.07. The van der Waals surface area contributed by atoms with Gasteiger partial charge in [0.2, 0.25) is 0 Å². The number of hydrogen-bond acceptors (Lipinski definition) is 5. The van der Waals surface area contributed by atoms with Crippen LogP contribution in [0.15, 0.2) is 40.8 Å². The van der Waals surface area contributed by atoms with Gasteiger partial charge < -0.3 is 19.1 Å². The predicted molar refractivity (Wildman–Crippen MR) is 111 cm³/mol. The number of likely N-dealkylation sites (N-methyl/N-ethyl adjacent to an activating group) is 1. The van der Waals surface area contributed by atoms with Crippen molar-refractivity contribution < 1.29 is 14.2 Å². The molecule has 4 aliphatic rings. The highest BCUT2D eigenvalue weighted by Gasteiger charge is 2.32. The first-order valence-electron chi connectivity index (χ1n) is 11.0. The molecule has 0 aromatic rings. The third-order valence-corrected chi connectivity index (χ3v) is 6.15. The summed E-state index contributed by atoms with van der Waals surface area (Å²) in [6.45, 7) is 2.32. The molecule has 3 atom stereocenters. The molecule has 0 fully saturated rings. The number of fused-ring (bicyclic) bond motifs is 1. The molecule has 0 N–H and O–H groups in total. The number of allylic oxidation sites excluding steroid dienone is 4. The maximum atomic E-state index is 6.02. The monoisotopic (exact) mass is 386 g/mol. The summed E-state index contributed by atoms with van der Waals surface area (Å²) in [7, 11) is 2.04. The summed E-state index contributed by atoms with van der Waals surface area (Å²) in [5.41, 5.74) is 0. The first-order chi connectivity index (χ1) is 13.8. The number of ether oxygens (including phenoxy) is 3. The van der Waals surface area contributed by atoms with E-state index in [0.717, 1.165) is 63.5 Å². The number of hydrogen-bond donors (Lipinski definition) is 0. The molecule has 5 nitrogen and oxygen atoms in total. The van der Waals surface area contributed by atoms with Gasteiger partial charge in [-0.15, -0.1) is 0 Å². The van der Waals surface area contributed by atoms with Gasteiger partial charge in [-0.3, -0.25) is 0 Å². The first kappa shape index (κ1) is 19.4. The SMILES string of the molecule is CN(CCOC1=CCC(COC2=CCCCC2)CC1)C1=NC2CC=CCC2O1. The van der Waals surface area contributed by atoms with E-state index in [1.165, 1.54) is 25.0 Å². The minimum Gasteiger partial charge on any atom is -0.498 e. The van der Waals surface area contributed by atoms with Crippen LogP contribution in [0.25, 0.3) is 0 Å². The van der Waals surface area contributed by atoms with Gasteiger partial charge in [-0.25, -0.2) is 4.99 Å². The molecular formula is C23H34N2O3. The Balaban J connectivity index is 1.13. The van der Waals surface area contributed by atoms with Gasteiger partial charge >= 0.3 is 0 Å². The van der Waals surface area contributed by atoms with Crippen LogP contribution in [0.1, 0.15) is 57.8 Å². The van der Waals surface area contributed by atoms with Crippen molar-refractivity contribution >= 4 is 6.02 Å². The second-order valence-electron chi connectivity index (χ2n) is 8.39. The van der Waals surface area contributed by atoms with Crippen LogP contribution in [-0.2, 0) is 14.2 Å². The third-order valence-electron chi connectivity index (χ3n) is 6.15. The molecule has 154 valence electrons. The quantitative estimate of drug-likeness (QED) is 0.601. The zero-order valence-corrected chi connectivity index (χ0v) is 17.1. The Kier molecular flexibility index (Phi) is 6.61. The third kappa shape index (κ3) is 5.12. The molecule has 0 saturated carbocycles. The summed E-state index contributed by atoms with van der Waals surface area (Å²) < 4.78 is 18.0. The van der Waals surface area contributed by atoms with E-state index in [1.54, 1.807) is 0 Å². The molecule has 0 aromatic carbocycles. The molecule has 0 spiro atoms. The molecule has 1 heterocycles. The highest BCUT2D eigenvalue weighted by atomic mass is 16.5. The summed E-state index contributed by atoms with van der Waals surface area (Å²) in [5.74, 6) is 2.97. The summed E-state index contributed by atoms with van der Waals surface area (Å²) in [4.78, 5) is 6.80. The van der Waals surface area contributed by atoms with Crippen molar-refractivity contribution in [3.8, 4) is 0 Å². The van der Waals surface area contributed by atoms with Crippen LogP contribution in [0.4, 0.5) is 0 Å². The second kappa shape index (κ2) is 9.53. The topological polar surface area (TPSA) is 43.3 Å². The predicted octanol–water partition coefficient (Wildman–Crippen LogP) is 4.57. The number of aliphatic imine (C=N–C) groups is 1. The summed E-state index contributed by atoms with van der Waals surface area (Å²) in [5, 5.41) is 0. The van der Waals surface area contributed by atoms with Gasteiger partial charge in [0.05, 0.1) is 30.7 Å². The molecule has 1 aliphatic heterocycles. The van der Waals surface area contributed by atoms with Crippen LogP contribution >= 0.6 is 0 Å². The zero-order valence-electron chi connectivity index (χ0n) is 17.1. The van der Waals surface area contributed by atoms with Crippen LogP contribution in [-0.4, -0.2) is 49.9 Å². The molecule has 0 bridgehead atoms. The first-order valence-corrected chi connectivity index (χ1v) is 11.0. The lowest BCUT2D eigenvalue weighted by molar-refractivity contribution is 0.125. The van der Waals surface area contributed by atoms with Crippen LogP contribution in [0.2, 0.25) is 0 Å². The maximum Gasteiger partial charge on any atom is 0.287 e. The van der Waals surface area contributed by atoms with E-state index in [1.807, 2.05) is 7.05 Å². The Morgan fingerprint density at radius 3 is 2.75 bits per heavy atom. The average molecular weight is 387 g/mol. The van der Waals surface area contributed by atoms with Gasteiger partial charge in [0, 0.05) is 26.3 Å². The molecule has 4 rings (SSSR count). The van der Waals surface area contributed by atoms with Crippen molar-refractivity contribution in [1.82, 2.24) is 4.90 Å². The lowest BCUT2D eigenvalue weighted by atomic mass is 9.94. The highest BCUT2D eigenvalue weighted by molar-refractivity contribution is 5.75. The fourth-order valence-corrected chi connectivity index (χ4v) is 4.25. The Morgan fingerprint density at radius 1 is 1.07 bits per heavy atom. The Morgan fingerprint density at radius 2 is 1.96 bits per heavy atom. The second-order valence-corrected chi connectivity index (χ2v) is 8.39. The average Bonchev–Trinajstić information content (AvgIpc) is 3.18. The van der Waals surface area contributed by atoms with Gasteiger partial charge in [0.25, 0.3) is 6.02 Å². The van der Waals surface area contributed by atoms with Gasteiger partial charge in [-0.05, 0) is 56.6 Å². The van der Waals surface area contributed by atoms with Crippen LogP contribution in [0.3, 0.4) is 0 Å². The van der Waals surface area contributed by atoms with E-state index < -0.39 is 0 Å². The van der Waals surface area contributed by atoms with Crippen molar-refractivity contribution in [3.05, 3.63) is 35.8 Å². The van der Waals surface area contributed by atoms with E-state index in [0.29, 0.717) is 18.6 Å². The van der Waals surface area contributed by atoms with E-state index >= 15 is 0 Å². The Labute approximate surface area is 169 Å². The molecule has 0 aromatic heterocycles. The maximum absolute atomic E-state index is 6.02. The van der Waals surface area contributed by atoms with Gasteiger partial charge in [0.15, 0.2) is 0 Å². The van der Waals surface area contributed by atoms with E-state index in [2.05, 4.69) is 29.2 Å². The molecular weight excluding hydrogens is 352 g/mol. The normalized spacial score (nSPS) is 29.2. The largest absolute Gasteiger partial charge is 0.498 e. The van der Waals surface area contributed by atoms with Crippen LogP contribution in [0, 0.1) is 5.92 Å². The van der Waals surface area contributed by atoms with Crippen molar-refractivity contribution in [2.75, 3.05) is 26.8 Å². The minimum absolute atomic E-state index is 0.230. The lowest BCUT2D eigenvalue weighted by Gasteiger charge is -2.25. The minimum atomic E-state index is 0.230. The molecule has 0 saturated heterocycles. The molecule has 28 heavy (non-hydrogen) atoms. The smallest absolute Gasteiger partial charge is 0.287 e. The molecule has 0 amide bonds. The fourth-order valence-electron chi connectivity index (χ4n) is 4.25. The van der Waals surface area contributed by atoms with Crippen molar-refractivity contribution in [2.45, 2.75) is 69.9 Å². The number of amidine groups is 1. The van der Waals surface area contributed by atoms with E-state index in [4.69, 9.17) is 19.2 Å². The van der Waals surface area contributed by atoms with Crippen molar-refractivity contribution in [2.24, 2.45) is 10.9 Å². The van der Waals surface area contributed by atoms with Crippen molar-refractivity contribution in [1.29, 1.82) is 0 Å². The summed E-state index contributed by atoms with van der Waals surface area (Å²) in [6.07, 6.45) is 19.3.